The van der Waals surface area contributed by atoms with Crippen molar-refractivity contribution < 1.29 is 0 Å². The summed E-state index contributed by atoms with van der Waals surface area (Å²) in [5.74, 6) is 0.666. The number of nitrogens with one attached hydrogen (secondary N) is 1. The van der Waals surface area contributed by atoms with E-state index in [0.717, 1.165) is 6.54 Å². The Bertz CT molecular complexity index is 324. The van der Waals surface area contributed by atoms with Crippen molar-refractivity contribution >= 4 is 0 Å². The lowest BCUT2D eigenvalue weighted by Crippen LogP contribution is -2.21. The molecule has 2 rings (SSSR count). The standard InChI is InChI=1S/C13H23N3/c1-4-12(10(2)3)16-9-14-8-13(16)11-6-5-7-15-11/h8-12,15H,4-7H2,1-3H3. The Kier molecular flexibility index (Phi) is 3.64. The largest absolute Gasteiger partial charge is 0.330 e. The summed E-state index contributed by atoms with van der Waals surface area (Å²) in [5, 5.41) is 3.56. The third-order valence-electron chi connectivity index (χ3n) is 3.66. The van der Waals surface area contributed by atoms with E-state index in [4.69, 9.17) is 0 Å². The van der Waals surface area contributed by atoms with Crippen molar-refractivity contribution in [3.63, 3.8) is 0 Å². The Morgan fingerprint density at radius 2 is 2.38 bits per heavy atom. The first-order valence-corrected chi connectivity index (χ1v) is 6.49. The summed E-state index contributed by atoms with van der Waals surface area (Å²) in [6.07, 6.45) is 7.75. The zero-order chi connectivity index (χ0) is 11.5. The molecule has 2 unspecified atom stereocenters. The summed E-state index contributed by atoms with van der Waals surface area (Å²) in [5.41, 5.74) is 1.37. The molecule has 2 atom stereocenters. The maximum absolute atomic E-state index is 4.34. The quantitative estimate of drug-likeness (QED) is 0.847. The van der Waals surface area contributed by atoms with Gasteiger partial charge >= 0.3 is 0 Å². The summed E-state index contributed by atoms with van der Waals surface area (Å²) in [6.45, 7) is 7.99. The lowest BCUT2D eigenvalue weighted by Gasteiger charge is -2.25. The number of hydrogen-bond donors (Lipinski definition) is 1. The minimum atomic E-state index is 0.523. The molecule has 0 amide bonds. The number of aromatic nitrogens is 2. The fraction of sp³-hybridized carbons (Fsp3) is 0.769. The molecule has 1 aromatic rings. The van der Waals surface area contributed by atoms with Gasteiger partial charge in [-0.05, 0) is 31.7 Å². The molecule has 0 aliphatic carbocycles. The van der Waals surface area contributed by atoms with Gasteiger partial charge in [-0.1, -0.05) is 20.8 Å². The molecule has 1 aromatic heterocycles. The Balaban J connectivity index is 2.23. The van der Waals surface area contributed by atoms with Crippen LogP contribution in [0.2, 0.25) is 0 Å². The van der Waals surface area contributed by atoms with Crippen LogP contribution in [0.15, 0.2) is 12.5 Å². The number of nitrogens with zero attached hydrogens (tertiary/aromatic N) is 2. The first-order valence-electron chi connectivity index (χ1n) is 6.49. The first-order chi connectivity index (χ1) is 7.74. The second-order valence-corrected chi connectivity index (χ2v) is 5.09. The molecule has 90 valence electrons. The molecule has 0 bridgehead atoms. The Labute approximate surface area is 98.3 Å². The van der Waals surface area contributed by atoms with Gasteiger partial charge in [0.25, 0.3) is 0 Å². The van der Waals surface area contributed by atoms with Crippen molar-refractivity contribution in [2.45, 2.75) is 52.1 Å². The van der Waals surface area contributed by atoms with Crippen LogP contribution in [0, 0.1) is 5.92 Å². The van der Waals surface area contributed by atoms with Crippen LogP contribution in [0.5, 0.6) is 0 Å². The fourth-order valence-electron chi connectivity index (χ4n) is 2.79. The molecule has 3 heteroatoms. The predicted octanol–water partition coefficient (Wildman–Crippen LogP) is 2.91. The van der Waals surface area contributed by atoms with Gasteiger partial charge in [0.05, 0.1) is 12.0 Å². The fourth-order valence-corrected chi connectivity index (χ4v) is 2.79. The van der Waals surface area contributed by atoms with Crippen LogP contribution >= 0.6 is 0 Å². The van der Waals surface area contributed by atoms with E-state index in [-0.39, 0.29) is 0 Å². The maximum Gasteiger partial charge on any atom is 0.0951 e. The molecule has 0 saturated carbocycles. The highest BCUT2D eigenvalue weighted by Crippen LogP contribution is 2.29. The van der Waals surface area contributed by atoms with Gasteiger partial charge in [0.1, 0.15) is 0 Å². The summed E-state index contributed by atoms with van der Waals surface area (Å²) in [6, 6.07) is 1.11. The van der Waals surface area contributed by atoms with Gasteiger partial charge in [0.15, 0.2) is 0 Å². The van der Waals surface area contributed by atoms with Gasteiger partial charge in [-0.15, -0.1) is 0 Å². The Hall–Kier alpha value is -0.830. The van der Waals surface area contributed by atoms with Crippen LogP contribution in [-0.2, 0) is 0 Å². The van der Waals surface area contributed by atoms with E-state index in [1.165, 1.54) is 25.0 Å². The van der Waals surface area contributed by atoms with Crippen molar-refractivity contribution in [1.29, 1.82) is 0 Å². The topological polar surface area (TPSA) is 29.9 Å². The van der Waals surface area contributed by atoms with Crippen LogP contribution in [0.25, 0.3) is 0 Å². The third kappa shape index (κ3) is 2.14. The van der Waals surface area contributed by atoms with Crippen LogP contribution < -0.4 is 5.32 Å². The SMILES string of the molecule is CCC(C(C)C)n1cncc1C1CCCN1. The molecule has 0 spiro atoms. The summed E-state index contributed by atoms with van der Waals surface area (Å²) < 4.78 is 2.38. The smallest absolute Gasteiger partial charge is 0.0951 e. The molecule has 1 aliphatic rings. The molecular formula is C13H23N3. The maximum atomic E-state index is 4.34. The Morgan fingerprint density at radius 1 is 1.56 bits per heavy atom. The van der Waals surface area contributed by atoms with Gasteiger partial charge in [-0.25, -0.2) is 4.98 Å². The van der Waals surface area contributed by atoms with Crippen molar-refractivity contribution in [3.8, 4) is 0 Å². The molecule has 0 radical (unpaired) electrons. The van der Waals surface area contributed by atoms with Crippen molar-refractivity contribution in [1.82, 2.24) is 14.9 Å². The van der Waals surface area contributed by atoms with Gasteiger partial charge in [-0.2, -0.15) is 0 Å². The van der Waals surface area contributed by atoms with Crippen molar-refractivity contribution in [2.24, 2.45) is 5.92 Å². The number of hydrogen-bond acceptors (Lipinski definition) is 2. The van der Waals surface area contributed by atoms with E-state index < -0.39 is 0 Å². The van der Waals surface area contributed by atoms with E-state index in [2.05, 4.69) is 35.6 Å². The molecule has 1 saturated heterocycles. The summed E-state index contributed by atoms with van der Waals surface area (Å²) in [4.78, 5) is 4.34. The van der Waals surface area contributed by atoms with E-state index in [0.29, 0.717) is 18.0 Å². The number of imidazole rings is 1. The highest BCUT2D eigenvalue weighted by Gasteiger charge is 2.23. The van der Waals surface area contributed by atoms with Gasteiger partial charge < -0.3 is 9.88 Å². The lowest BCUT2D eigenvalue weighted by atomic mass is 10.0. The van der Waals surface area contributed by atoms with E-state index >= 15 is 0 Å². The summed E-state index contributed by atoms with van der Waals surface area (Å²) in [7, 11) is 0. The normalized spacial score (nSPS) is 22.9. The van der Waals surface area contributed by atoms with Crippen LogP contribution in [-0.4, -0.2) is 16.1 Å². The zero-order valence-electron chi connectivity index (χ0n) is 10.6. The average Bonchev–Trinajstić information content (AvgIpc) is 2.86. The van der Waals surface area contributed by atoms with E-state index in [1.807, 2.05) is 12.5 Å². The predicted molar refractivity (Wildman–Crippen MR) is 66.4 cm³/mol. The van der Waals surface area contributed by atoms with Crippen LogP contribution in [0.4, 0.5) is 0 Å². The van der Waals surface area contributed by atoms with Gasteiger partial charge in [0.2, 0.25) is 0 Å². The van der Waals surface area contributed by atoms with Crippen LogP contribution in [0.3, 0.4) is 0 Å². The third-order valence-corrected chi connectivity index (χ3v) is 3.66. The highest BCUT2D eigenvalue weighted by atomic mass is 15.1. The zero-order valence-corrected chi connectivity index (χ0v) is 10.6. The highest BCUT2D eigenvalue weighted by molar-refractivity contribution is 5.08. The van der Waals surface area contributed by atoms with E-state index in [1.54, 1.807) is 0 Å². The van der Waals surface area contributed by atoms with Gasteiger partial charge in [0, 0.05) is 18.3 Å². The van der Waals surface area contributed by atoms with Crippen molar-refractivity contribution in [3.05, 3.63) is 18.2 Å². The molecule has 16 heavy (non-hydrogen) atoms. The Morgan fingerprint density at radius 3 is 2.94 bits per heavy atom. The molecule has 1 aliphatic heterocycles. The van der Waals surface area contributed by atoms with Crippen LogP contribution in [0.1, 0.15) is 57.8 Å². The number of rotatable bonds is 4. The second-order valence-electron chi connectivity index (χ2n) is 5.09. The summed E-state index contributed by atoms with van der Waals surface area (Å²) >= 11 is 0. The minimum absolute atomic E-state index is 0.523. The molecule has 1 N–H and O–H groups in total. The van der Waals surface area contributed by atoms with Gasteiger partial charge in [-0.3, -0.25) is 0 Å². The second kappa shape index (κ2) is 5.00. The minimum Gasteiger partial charge on any atom is -0.330 e. The molecule has 1 fully saturated rings. The molecule has 2 heterocycles. The monoisotopic (exact) mass is 221 g/mol. The lowest BCUT2D eigenvalue weighted by molar-refractivity contribution is 0.349. The molecule has 0 aromatic carbocycles. The van der Waals surface area contributed by atoms with E-state index in [9.17, 15) is 0 Å². The molecule has 3 nitrogen and oxygen atoms in total. The first kappa shape index (κ1) is 11.6. The average molecular weight is 221 g/mol. The molecular weight excluding hydrogens is 198 g/mol. The van der Waals surface area contributed by atoms with Crippen molar-refractivity contribution in [2.75, 3.05) is 6.54 Å².